The van der Waals surface area contributed by atoms with Crippen LogP contribution in [0.25, 0.3) is 0 Å². The number of carbonyl (C=O) groups excluding carboxylic acids is 1. The number of carboxylic acid groups (broad SMARTS) is 1. The topological polar surface area (TPSA) is 69.6 Å². The second-order valence-electron chi connectivity index (χ2n) is 4.94. The summed E-state index contributed by atoms with van der Waals surface area (Å²) in [7, 11) is 0. The zero-order chi connectivity index (χ0) is 16.5. The number of benzene rings is 1. The van der Waals surface area contributed by atoms with Gasteiger partial charge in [0.05, 0.1) is 11.8 Å². The van der Waals surface area contributed by atoms with E-state index in [0.29, 0.717) is 0 Å². The number of aliphatic carboxylic acids is 1. The van der Waals surface area contributed by atoms with E-state index in [2.05, 4.69) is 5.32 Å². The molecule has 2 amide bonds. The molecule has 120 valence electrons. The molecule has 0 radical (unpaired) electrons. The molecule has 5 nitrogen and oxygen atoms in total. The van der Waals surface area contributed by atoms with Crippen molar-refractivity contribution in [2.75, 3.05) is 18.4 Å². The molecule has 0 aromatic heterocycles. The SMILES string of the molecule is O=C(O)[C@@H]1CN(C(=O)Nc2cccc(F)c2)C[C@H]1C(F)(F)F. The number of alkyl halides is 3. The second kappa shape index (κ2) is 5.82. The van der Waals surface area contributed by atoms with Crippen molar-refractivity contribution in [3.63, 3.8) is 0 Å². The van der Waals surface area contributed by atoms with Gasteiger partial charge in [-0.2, -0.15) is 13.2 Å². The first-order valence-corrected chi connectivity index (χ1v) is 6.29. The maximum atomic E-state index is 13.0. The minimum Gasteiger partial charge on any atom is -0.481 e. The molecule has 0 bridgehead atoms. The van der Waals surface area contributed by atoms with Crippen molar-refractivity contribution in [3.8, 4) is 0 Å². The van der Waals surface area contributed by atoms with Gasteiger partial charge in [-0.25, -0.2) is 9.18 Å². The number of likely N-dealkylation sites (tertiary alicyclic amines) is 1. The van der Waals surface area contributed by atoms with Crippen LogP contribution < -0.4 is 5.32 Å². The van der Waals surface area contributed by atoms with Crippen LogP contribution in [-0.4, -0.2) is 41.3 Å². The molecule has 2 rings (SSSR count). The fourth-order valence-corrected chi connectivity index (χ4v) is 2.32. The second-order valence-corrected chi connectivity index (χ2v) is 4.94. The molecule has 0 spiro atoms. The van der Waals surface area contributed by atoms with Gasteiger partial charge in [0.15, 0.2) is 0 Å². The van der Waals surface area contributed by atoms with Crippen LogP contribution in [0.4, 0.5) is 28.0 Å². The van der Waals surface area contributed by atoms with Crippen LogP contribution in [0.5, 0.6) is 0 Å². The molecule has 1 saturated heterocycles. The van der Waals surface area contributed by atoms with E-state index in [9.17, 15) is 27.2 Å². The van der Waals surface area contributed by atoms with Crippen molar-refractivity contribution in [1.82, 2.24) is 4.90 Å². The summed E-state index contributed by atoms with van der Waals surface area (Å²) in [5.41, 5.74) is 0.0762. The number of halogens is 4. The lowest BCUT2D eigenvalue weighted by Crippen LogP contribution is -2.35. The highest BCUT2D eigenvalue weighted by Crippen LogP contribution is 2.37. The number of hydrogen-bond donors (Lipinski definition) is 2. The van der Waals surface area contributed by atoms with E-state index in [1.807, 2.05) is 0 Å². The van der Waals surface area contributed by atoms with Gasteiger partial charge in [0.1, 0.15) is 5.82 Å². The van der Waals surface area contributed by atoms with Crippen molar-refractivity contribution < 1.29 is 32.3 Å². The molecule has 2 N–H and O–H groups in total. The number of carbonyl (C=O) groups is 2. The van der Waals surface area contributed by atoms with E-state index < -0.39 is 48.9 Å². The van der Waals surface area contributed by atoms with E-state index in [1.165, 1.54) is 12.1 Å². The molecule has 1 heterocycles. The lowest BCUT2D eigenvalue weighted by Gasteiger charge is -2.18. The maximum Gasteiger partial charge on any atom is 0.394 e. The minimum atomic E-state index is -4.71. The van der Waals surface area contributed by atoms with E-state index in [-0.39, 0.29) is 5.69 Å². The Bertz CT molecular complexity index is 591. The number of carboxylic acids is 1. The Morgan fingerprint density at radius 1 is 1.27 bits per heavy atom. The number of amides is 2. The van der Waals surface area contributed by atoms with Gasteiger partial charge in [0.2, 0.25) is 0 Å². The molecule has 0 aliphatic carbocycles. The summed E-state index contributed by atoms with van der Waals surface area (Å²) in [6.07, 6.45) is -4.71. The molecule has 0 saturated carbocycles. The molecular formula is C13H12F4N2O3. The fraction of sp³-hybridized carbons (Fsp3) is 0.385. The van der Waals surface area contributed by atoms with Crippen molar-refractivity contribution in [1.29, 1.82) is 0 Å². The Labute approximate surface area is 122 Å². The Morgan fingerprint density at radius 2 is 1.95 bits per heavy atom. The van der Waals surface area contributed by atoms with Crippen LogP contribution in [0.3, 0.4) is 0 Å². The third-order valence-corrected chi connectivity index (χ3v) is 3.42. The van der Waals surface area contributed by atoms with Crippen molar-refractivity contribution >= 4 is 17.7 Å². The number of hydrogen-bond acceptors (Lipinski definition) is 2. The van der Waals surface area contributed by atoms with Gasteiger partial charge in [-0.15, -0.1) is 0 Å². The molecule has 22 heavy (non-hydrogen) atoms. The molecular weight excluding hydrogens is 308 g/mol. The molecule has 1 fully saturated rings. The van der Waals surface area contributed by atoms with Crippen LogP contribution in [-0.2, 0) is 4.79 Å². The van der Waals surface area contributed by atoms with Crippen molar-refractivity contribution in [2.24, 2.45) is 11.8 Å². The van der Waals surface area contributed by atoms with Crippen LogP contribution >= 0.6 is 0 Å². The van der Waals surface area contributed by atoms with Gasteiger partial charge in [-0.1, -0.05) is 6.07 Å². The quantitative estimate of drug-likeness (QED) is 0.823. The van der Waals surface area contributed by atoms with Gasteiger partial charge in [0.25, 0.3) is 0 Å². The van der Waals surface area contributed by atoms with Gasteiger partial charge in [-0.3, -0.25) is 4.79 Å². The van der Waals surface area contributed by atoms with E-state index in [0.717, 1.165) is 17.0 Å². The lowest BCUT2D eigenvalue weighted by atomic mass is 9.96. The van der Waals surface area contributed by atoms with Gasteiger partial charge < -0.3 is 15.3 Å². The van der Waals surface area contributed by atoms with Crippen LogP contribution in [0.1, 0.15) is 0 Å². The highest BCUT2D eigenvalue weighted by molar-refractivity contribution is 5.90. The van der Waals surface area contributed by atoms with E-state index in [1.54, 1.807) is 0 Å². The molecule has 1 aromatic carbocycles. The predicted molar refractivity (Wildman–Crippen MR) is 67.7 cm³/mol. The Hall–Kier alpha value is -2.32. The number of rotatable bonds is 2. The largest absolute Gasteiger partial charge is 0.481 e. The third-order valence-electron chi connectivity index (χ3n) is 3.42. The number of nitrogens with zero attached hydrogens (tertiary/aromatic N) is 1. The monoisotopic (exact) mass is 320 g/mol. The summed E-state index contributed by atoms with van der Waals surface area (Å²) in [6.45, 7) is -1.30. The fourth-order valence-electron chi connectivity index (χ4n) is 2.32. The lowest BCUT2D eigenvalue weighted by molar-refractivity contribution is -0.187. The van der Waals surface area contributed by atoms with Crippen molar-refractivity contribution in [3.05, 3.63) is 30.1 Å². The molecule has 2 atom stereocenters. The zero-order valence-corrected chi connectivity index (χ0v) is 11.1. The van der Waals surface area contributed by atoms with E-state index >= 15 is 0 Å². The van der Waals surface area contributed by atoms with Gasteiger partial charge in [0, 0.05) is 18.8 Å². The highest BCUT2D eigenvalue weighted by atomic mass is 19.4. The average molecular weight is 320 g/mol. The normalized spacial score (nSPS) is 21.7. The summed E-state index contributed by atoms with van der Waals surface area (Å²) in [4.78, 5) is 23.6. The Balaban J connectivity index is 2.10. The average Bonchev–Trinajstić information content (AvgIpc) is 2.83. The molecule has 1 aromatic rings. The number of anilines is 1. The highest BCUT2D eigenvalue weighted by Gasteiger charge is 2.53. The van der Waals surface area contributed by atoms with Crippen molar-refractivity contribution in [2.45, 2.75) is 6.18 Å². The minimum absolute atomic E-state index is 0.0762. The molecule has 0 unspecified atom stereocenters. The number of urea groups is 1. The number of nitrogens with one attached hydrogen (secondary N) is 1. The smallest absolute Gasteiger partial charge is 0.394 e. The van der Waals surface area contributed by atoms with Gasteiger partial charge in [-0.05, 0) is 18.2 Å². The van der Waals surface area contributed by atoms with E-state index in [4.69, 9.17) is 5.11 Å². The predicted octanol–water partition coefficient (Wildman–Crippen LogP) is 2.55. The van der Waals surface area contributed by atoms with Crippen LogP contribution in [0, 0.1) is 17.7 Å². The Kier molecular flexibility index (Phi) is 4.25. The first-order chi connectivity index (χ1) is 10.2. The standard InChI is InChI=1S/C13H12F4N2O3/c14-7-2-1-3-8(4-7)18-12(22)19-5-9(11(20)21)10(6-19)13(15,16)17/h1-4,9-10H,5-6H2,(H,18,22)(H,20,21)/t9-,10-/m1/s1. The summed E-state index contributed by atoms with van der Waals surface area (Å²) in [6, 6.07) is 3.94. The molecule has 1 aliphatic heterocycles. The molecule has 1 aliphatic rings. The van der Waals surface area contributed by atoms with Crippen LogP contribution in [0.15, 0.2) is 24.3 Å². The first kappa shape index (κ1) is 16.1. The molecule has 9 heteroatoms. The van der Waals surface area contributed by atoms with Gasteiger partial charge >= 0.3 is 18.2 Å². The zero-order valence-electron chi connectivity index (χ0n) is 11.1. The summed E-state index contributed by atoms with van der Waals surface area (Å²) >= 11 is 0. The first-order valence-electron chi connectivity index (χ1n) is 6.29. The maximum absolute atomic E-state index is 13.0. The Morgan fingerprint density at radius 3 is 2.45 bits per heavy atom. The summed E-state index contributed by atoms with van der Waals surface area (Å²) in [5.74, 6) is -6.05. The summed E-state index contributed by atoms with van der Waals surface area (Å²) < 4.78 is 51.4. The van der Waals surface area contributed by atoms with Crippen LogP contribution in [0.2, 0.25) is 0 Å². The third kappa shape index (κ3) is 3.46. The summed E-state index contributed by atoms with van der Waals surface area (Å²) in [5, 5.41) is 11.1.